The first kappa shape index (κ1) is 10.5. The number of hydrogen-bond donors (Lipinski definition) is 2. The Morgan fingerprint density at radius 2 is 1.88 bits per heavy atom. The van der Waals surface area contributed by atoms with E-state index in [9.17, 15) is 0 Å². The van der Waals surface area contributed by atoms with Crippen LogP contribution in [0.4, 0.5) is 0 Å². The molecule has 0 amide bonds. The van der Waals surface area contributed by atoms with Gasteiger partial charge in [0.1, 0.15) is 5.75 Å². The Morgan fingerprint density at radius 3 is 2.69 bits per heavy atom. The molecular weight excluding hydrogens is 200 g/mol. The van der Waals surface area contributed by atoms with Crippen LogP contribution in [0.3, 0.4) is 0 Å². The molecule has 3 heteroatoms. The van der Waals surface area contributed by atoms with E-state index in [4.69, 9.17) is 15.9 Å². The van der Waals surface area contributed by atoms with Gasteiger partial charge in [-0.3, -0.25) is 5.41 Å². The van der Waals surface area contributed by atoms with E-state index in [0.717, 1.165) is 16.5 Å². The van der Waals surface area contributed by atoms with Gasteiger partial charge in [-0.15, -0.1) is 0 Å². The Bertz CT molecular complexity index is 503. The molecule has 2 aromatic carbocycles. The Kier molecular flexibility index (Phi) is 3.05. The second-order valence-electron chi connectivity index (χ2n) is 3.60. The minimum absolute atomic E-state index is 0.153. The lowest BCUT2D eigenvalue weighted by Crippen LogP contribution is -2.13. The zero-order valence-electron chi connectivity index (χ0n) is 8.94. The zero-order chi connectivity index (χ0) is 11.4. The lowest BCUT2D eigenvalue weighted by molar-refractivity contribution is 0.332. The van der Waals surface area contributed by atoms with Gasteiger partial charge >= 0.3 is 0 Å². The van der Waals surface area contributed by atoms with Gasteiger partial charge in [-0.2, -0.15) is 0 Å². The van der Waals surface area contributed by atoms with Crippen molar-refractivity contribution in [2.24, 2.45) is 5.73 Å². The van der Waals surface area contributed by atoms with Gasteiger partial charge in [-0.05, 0) is 11.5 Å². The molecule has 2 aromatic rings. The van der Waals surface area contributed by atoms with Crippen molar-refractivity contribution in [3.05, 3.63) is 42.5 Å². The highest BCUT2D eigenvalue weighted by molar-refractivity contribution is 5.88. The summed E-state index contributed by atoms with van der Waals surface area (Å²) in [6, 6.07) is 14.0. The molecule has 82 valence electrons. The van der Waals surface area contributed by atoms with Crippen molar-refractivity contribution in [3.8, 4) is 5.75 Å². The molecule has 0 aliphatic rings. The van der Waals surface area contributed by atoms with E-state index in [0.29, 0.717) is 13.0 Å². The summed E-state index contributed by atoms with van der Waals surface area (Å²) >= 11 is 0. The first-order valence-corrected chi connectivity index (χ1v) is 5.21. The second-order valence-corrected chi connectivity index (χ2v) is 3.60. The quantitative estimate of drug-likeness (QED) is 0.607. The Hall–Kier alpha value is -2.03. The lowest BCUT2D eigenvalue weighted by Gasteiger charge is -2.08. The summed E-state index contributed by atoms with van der Waals surface area (Å²) in [4.78, 5) is 0. The normalized spacial score (nSPS) is 10.2. The molecule has 2 rings (SSSR count). The molecule has 0 unspecified atom stereocenters. The smallest absolute Gasteiger partial charge is 0.127 e. The van der Waals surface area contributed by atoms with Crippen LogP contribution in [0, 0.1) is 5.41 Å². The number of benzene rings is 2. The molecule has 0 saturated heterocycles. The summed E-state index contributed by atoms with van der Waals surface area (Å²) in [5.41, 5.74) is 5.27. The minimum Gasteiger partial charge on any atom is -0.492 e. The average molecular weight is 214 g/mol. The van der Waals surface area contributed by atoms with Crippen molar-refractivity contribution in [2.45, 2.75) is 6.42 Å². The number of rotatable bonds is 4. The topological polar surface area (TPSA) is 59.1 Å². The zero-order valence-corrected chi connectivity index (χ0v) is 8.94. The molecule has 16 heavy (non-hydrogen) atoms. The Balaban J connectivity index is 2.20. The van der Waals surface area contributed by atoms with Crippen LogP contribution >= 0.6 is 0 Å². The third-order valence-electron chi connectivity index (χ3n) is 2.38. The second kappa shape index (κ2) is 4.66. The minimum atomic E-state index is 0.153. The number of fused-ring (bicyclic) bond motifs is 1. The molecule has 0 aliphatic heterocycles. The predicted molar refractivity (Wildman–Crippen MR) is 66.0 cm³/mol. The molecule has 3 N–H and O–H groups in total. The summed E-state index contributed by atoms with van der Waals surface area (Å²) < 4.78 is 5.61. The SMILES string of the molecule is N=C(N)CCOc1cccc2ccccc12. The first-order chi connectivity index (χ1) is 7.77. The largest absolute Gasteiger partial charge is 0.492 e. The van der Waals surface area contributed by atoms with Crippen LogP contribution in [-0.2, 0) is 0 Å². The maximum absolute atomic E-state index is 7.12. The summed E-state index contributed by atoms with van der Waals surface area (Å²) in [7, 11) is 0. The summed E-state index contributed by atoms with van der Waals surface area (Å²) in [6.07, 6.45) is 0.462. The van der Waals surface area contributed by atoms with Gasteiger partial charge in [-0.25, -0.2) is 0 Å². The van der Waals surface area contributed by atoms with Crippen molar-refractivity contribution in [3.63, 3.8) is 0 Å². The fourth-order valence-corrected chi connectivity index (χ4v) is 1.59. The van der Waals surface area contributed by atoms with Gasteiger partial charge in [-0.1, -0.05) is 36.4 Å². The molecule has 0 saturated carbocycles. The third-order valence-corrected chi connectivity index (χ3v) is 2.38. The first-order valence-electron chi connectivity index (χ1n) is 5.21. The van der Waals surface area contributed by atoms with Crippen molar-refractivity contribution in [1.82, 2.24) is 0 Å². The van der Waals surface area contributed by atoms with Gasteiger partial charge in [0.05, 0.1) is 12.4 Å². The molecule has 0 aromatic heterocycles. The molecule has 0 spiro atoms. The molecular formula is C13H14N2O. The predicted octanol–water partition coefficient (Wildman–Crippen LogP) is 2.54. The highest BCUT2D eigenvalue weighted by Crippen LogP contribution is 2.24. The molecule has 0 bridgehead atoms. The highest BCUT2D eigenvalue weighted by atomic mass is 16.5. The lowest BCUT2D eigenvalue weighted by atomic mass is 10.1. The van der Waals surface area contributed by atoms with Crippen molar-refractivity contribution >= 4 is 16.6 Å². The average Bonchev–Trinajstić information content (AvgIpc) is 2.29. The van der Waals surface area contributed by atoms with E-state index in [1.165, 1.54) is 0 Å². The van der Waals surface area contributed by atoms with Gasteiger partial charge in [0, 0.05) is 11.8 Å². The standard InChI is InChI=1S/C13H14N2O/c14-13(15)8-9-16-12-7-3-5-10-4-1-2-6-11(10)12/h1-7H,8-9H2,(H3,14,15). The van der Waals surface area contributed by atoms with Crippen LogP contribution in [0.2, 0.25) is 0 Å². The number of ether oxygens (including phenoxy) is 1. The highest BCUT2D eigenvalue weighted by Gasteiger charge is 2.00. The molecule has 3 nitrogen and oxygen atoms in total. The molecule has 0 fully saturated rings. The van der Waals surface area contributed by atoms with E-state index < -0.39 is 0 Å². The Morgan fingerprint density at radius 1 is 1.12 bits per heavy atom. The van der Waals surface area contributed by atoms with Crippen LogP contribution in [-0.4, -0.2) is 12.4 Å². The van der Waals surface area contributed by atoms with Crippen LogP contribution in [0.15, 0.2) is 42.5 Å². The van der Waals surface area contributed by atoms with Crippen molar-refractivity contribution in [1.29, 1.82) is 5.41 Å². The summed E-state index contributed by atoms with van der Waals surface area (Å²) in [5.74, 6) is 1.000. The van der Waals surface area contributed by atoms with E-state index >= 15 is 0 Å². The van der Waals surface area contributed by atoms with Gasteiger partial charge in [0.2, 0.25) is 0 Å². The number of nitrogens with two attached hydrogens (primary N) is 1. The van der Waals surface area contributed by atoms with E-state index in [2.05, 4.69) is 0 Å². The van der Waals surface area contributed by atoms with Gasteiger partial charge < -0.3 is 10.5 Å². The van der Waals surface area contributed by atoms with Gasteiger partial charge in [0.15, 0.2) is 0 Å². The Labute approximate surface area is 94.3 Å². The maximum atomic E-state index is 7.12. The summed E-state index contributed by atoms with van der Waals surface area (Å²) in [6.45, 7) is 0.448. The van der Waals surface area contributed by atoms with E-state index in [1.54, 1.807) is 0 Å². The number of amidine groups is 1. The van der Waals surface area contributed by atoms with E-state index in [1.807, 2.05) is 42.5 Å². The molecule has 0 aliphatic carbocycles. The molecule has 0 radical (unpaired) electrons. The fraction of sp³-hybridized carbons (Fsp3) is 0.154. The monoisotopic (exact) mass is 214 g/mol. The molecule has 0 atom stereocenters. The molecule has 0 heterocycles. The number of nitrogens with one attached hydrogen (secondary N) is 1. The van der Waals surface area contributed by atoms with Crippen LogP contribution in [0.1, 0.15) is 6.42 Å². The van der Waals surface area contributed by atoms with Crippen LogP contribution in [0.25, 0.3) is 10.8 Å². The van der Waals surface area contributed by atoms with Crippen LogP contribution < -0.4 is 10.5 Å². The van der Waals surface area contributed by atoms with Gasteiger partial charge in [0.25, 0.3) is 0 Å². The fourth-order valence-electron chi connectivity index (χ4n) is 1.59. The van der Waals surface area contributed by atoms with Crippen molar-refractivity contribution < 1.29 is 4.74 Å². The summed E-state index contributed by atoms with van der Waals surface area (Å²) in [5, 5.41) is 9.37. The van der Waals surface area contributed by atoms with Crippen LogP contribution in [0.5, 0.6) is 5.75 Å². The number of hydrogen-bond acceptors (Lipinski definition) is 2. The third kappa shape index (κ3) is 2.31. The van der Waals surface area contributed by atoms with Crippen molar-refractivity contribution in [2.75, 3.05) is 6.61 Å². The maximum Gasteiger partial charge on any atom is 0.127 e. The van der Waals surface area contributed by atoms with E-state index in [-0.39, 0.29) is 5.84 Å².